The molecule has 1 fully saturated rings. The maximum Gasteiger partial charge on any atom is 0.401 e. The first-order chi connectivity index (χ1) is 17.8. The number of hydrogen-bond acceptors (Lipinski definition) is 6. The lowest BCUT2D eigenvalue weighted by Crippen LogP contribution is -2.54. The Morgan fingerprint density at radius 1 is 1.21 bits per heavy atom. The van der Waals surface area contributed by atoms with Gasteiger partial charge in [0.2, 0.25) is 5.91 Å². The highest BCUT2D eigenvalue weighted by atomic mass is 35.5. The van der Waals surface area contributed by atoms with Crippen molar-refractivity contribution in [3.05, 3.63) is 45.4 Å². The molecule has 0 radical (unpaired) electrons. The molecule has 0 aliphatic carbocycles. The molecule has 1 aromatic heterocycles. The maximum atomic E-state index is 14.7. The molecule has 1 saturated heterocycles. The molecule has 1 atom stereocenters. The first-order valence-corrected chi connectivity index (χ1v) is 12.1. The van der Waals surface area contributed by atoms with Crippen LogP contribution in [0.25, 0.3) is 0 Å². The van der Waals surface area contributed by atoms with Crippen LogP contribution in [-0.4, -0.2) is 80.7 Å². The third-order valence-corrected chi connectivity index (χ3v) is 6.47. The number of morpholine rings is 1. The number of hydrogen-bond donors (Lipinski definition) is 2. The van der Waals surface area contributed by atoms with E-state index in [2.05, 4.69) is 10.6 Å². The lowest BCUT2D eigenvalue weighted by atomic mass is 10.2. The van der Waals surface area contributed by atoms with E-state index in [0.717, 1.165) is 22.3 Å². The zero-order valence-electron chi connectivity index (χ0n) is 19.4. The van der Waals surface area contributed by atoms with Crippen molar-refractivity contribution in [1.82, 2.24) is 10.2 Å². The molecule has 2 N–H and O–H groups in total. The molecular formula is C22H21ClF6N4O4S. The predicted octanol–water partition coefficient (Wildman–Crippen LogP) is 3.77. The van der Waals surface area contributed by atoms with Gasteiger partial charge >= 0.3 is 6.18 Å². The number of ether oxygens (including phenoxy) is 1. The number of nitrogens with zero attached hydrogens (tertiary/aromatic N) is 2. The van der Waals surface area contributed by atoms with Crippen molar-refractivity contribution < 1.29 is 45.5 Å². The van der Waals surface area contributed by atoms with Crippen LogP contribution in [0.1, 0.15) is 9.67 Å². The zero-order valence-corrected chi connectivity index (χ0v) is 20.9. The van der Waals surface area contributed by atoms with E-state index in [1.807, 2.05) is 0 Å². The van der Waals surface area contributed by atoms with Crippen LogP contribution in [0.5, 0.6) is 0 Å². The molecule has 16 heteroatoms. The maximum absolute atomic E-state index is 14.7. The summed E-state index contributed by atoms with van der Waals surface area (Å²) >= 11 is 6.63. The average molecular weight is 587 g/mol. The fourth-order valence-electron chi connectivity index (χ4n) is 3.61. The summed E-state index contributed by atoms with van der Waals surface area (Å²) < 4.78 is 85.8. The van der Waals surface area contributed by atoms with Gasteiger partial charge in [0.05, 0.1) is 34.6 Å². The van der Waals surface area contributed by atoms with Gasteiger partial charge in [-0.2, -0.15) is 13.2 Å². The Balaban J connectivity index is 1.81. The summed E-state index contributed by atoms with van der Waals surface area (Å²) in [5.41, 5.74) is -0.312. The Kier molecular flexibility index (Phi) is 9.98. The van der Waals surface area contributed by atoms with Crippen LogP contribution in [0, 0.1) is 5.82 Å². The number of alkyl halides is 5. The van der Waals surface area contributed by atoms with Gasteiger partial charge in [-0.3, -0.25) is 19.3 Å². The van der Waals surface area contributed by atoms with Crippen LogP contribution in [0.3, 0.4) is 0 Å². The number of anilines is 2. The molecule has 0 bridgehead atoms. The molecule has 3 rings (SSSR count). The standard InChI is InChI=1S/C22H21ClF6N4O4S/c23-17-4-3-16(38-17)21(36)30-8-15(32(9-18(25)26)11-22(27,28)29)20(35)31-12-1-2-14(13(24)7-12)33-5-6-37-10-19(33)34/h1-4,7,15,18H,5-6,8-11H2,(H,30,36)(H,31,35)/t15-/m0/s1. The van der Waals surface area contributed by atoms with Gasteiger partial charge in [-0.1, -0.05) is 11.6 Å². The van der Waals surface area contributed by atoms with E-state index in [-0.39, 0.29) is 45.2 Å². The van der Waals surface area contributed by atoms with Crippen LogP contribution in [0.2, 0.25) is 4.34 Å². The number of halogens is 7. The monoisotopic (exact) mass is 586 g/mol. The van der Waals surface area contributed by atoms with Crippen molar-refractivity contribution in [3.8, 4) is 0 Å². The number of rotatable bonds is 10. The highest BCUT2D eigenvalue weighted by Gasteiger charge is 2.38. The van der Waals surface area contributed by atoms with Gasteiger partial charge in [0.25, 0.3) is 18.2 Å². The van der Waals surface area contributed by atoms with Crippen molar-refractivity contribution in [2.24, 2.45) is 0 Å². The van der Waals surface area contributed by atoms with E-state index in [0.29, 0.717) is 0 Å². The molecule has 2 aromatic rings. The molecule has 1 aliphatic heterocycles. The van der Waals surface area contributed by atoms with Crippen molar-refractivity contribution in [1.29, 1.82) is 0 Å². The second-order valence-electron chi connectivity index (χ2n) is 8.02. The van der Waals surface area contributed by atoms with Gasteiger partial charge in [0.1, 0.15) is 18.5 Å². The largest absolute Gasteiger partial charge is 0.401 e. The Morgan fingerprint density at radius 2 is 1.95 bits per heavy atom. The quantitative estimate of drug-likeness (QED) is 0.414. The average Bonchev–Trinajstić information content (AvgIpc) is 3.25. The minimum atomic E-state index is -4.95. The Labute approximate surface area is 221 Å². The minimum absolute atomic E-state index is 0.0821. The number of thiophene rings is 1. The van der Waals surface area contributed by atoms with E-state index >= 15 is 0 Å². The van der Waals surface area contributed by atoms with Crippen LogP contribution < -0.4 is 15.5 Å². The van der Waals surface area contributed by atoms with Crippen LogP contribution in [0.4, 0.5) is 37.7 Å². The summed E-state index contributed by atoms with van der Waals surface area (Å²) in [6.07, 6.45) is -8.18. The molecular weight excluding hydrogens is 566 g/mol. The molecule has 3 amide bonds. The first-order valence-electron chi connectivity index (χ1n) is 10.9. The van der Waals surface area contributed by atoms with Crippen LogP contribution in [0.15, 0.2) is 30.3 Å². The molecule has 0 saturated carbocycles. The lowest BCUT2D eigenvalue weighted by molar-refractivity contribution is -0.157. The van der Waals surface area contributed by atoms with E-state index in [4.69, 9.17) is 16.3 Å². The molecule has 38 heavy (non-hydrogen) atoms. The SMILES string of the molecule is O=C(NC[C@@H](C(=O)Nc1ccc(N2CCOCC2=O)c(F)c1)N(CC(F)F)CC(F)(F)F)c1ccc(Cl)s1. The highest BCUT2D eigenvalue weighted by Crippen LogP contribution is 2.26. The fraction of sp³-hybridized carbons (Fsp3) is 0.409. The zero-order chi connectivity index (χ0) is 28.0. The van der Waals surface area contributed by atoms with Gasteiger partial charge in [-0.15, -0.1) is 11.3 Å². The molecule has 8 nitrogen and oxygen atoms in total. The summed E-state index contributed by atoms with van der Waals surface area (Å²) in [4.78, 5) is 38.7. The number of amides is 3. The predicted molar refractivity (Wildman–Crippen MR) is 127 cm³/mol. The topological polar surface area (TPSA) is 91.0 Å². The minimum Gasteiger partial charge on any atom is -0.370 e. The van der Waals surface area contributed by atoms with Gasteiger partial charge < -0.3 is 20.3 Å². The lowest BCUT2D eigenvalue weighted by Gasteiger charge is -2.31. The van der Waals surface area contributed by atoms with Crippen molar-refractivity contribution >= 4 is 52.0 Å². The first kappa shape index (κ1) is 29.7. The number of carbonyl (C=O) groups is 3. The molecule has 0 spiro atoms. The summed E-state index contributed by atoms with van der Waals surface area (Å²) in [6.45, 7) is -4.06. The van der Waals surface area contributed by atoms with E-state index < -0.39 is 61.8 Å². The normalized spacial score (nSPS) is 15.2. The van der Waals surface area contributed by atoms with E-state index in [1.54, 1.807) is 0 Å². The fourth-order valence-corrected chi connectivity index (χ4v) is 4.57. The highest BCUT2D eigenvalue weighted by molar-refractivity contribution is 7.18. The third-order valence-electron chi connectivity index (χ3n) is 5.24. The summed E-state index contributed by atoms with van der Waals surface area (Å²) in [5, 5.41) is 4.46. The second-order valence-corrected chi connectivity index (χ2v) is 9.73. The molecule has 1 aromatic carbocycles. The second kappa shape index (κ2) is 12.8. The Morgan fingerprint density at radius 3 is 2.53 bits per heavy atom. The summed E-state index contributed by atoms with van der Waals surface area (Å²) in [5.74, 6) is -3.40. The van der Waals surface area contributed by atoms with Crippen molar-refractivity contribution in [2.45, 2.75) is 18.6 Å². The van der Waals surface area contributed by atoms with E-state index in [9.17, 15) is 40.7 Å². The van der Waals surface area contributed by atoms with E-state index in [1.165, 1.54) is 24.3 Å². The van der Waals surface area contributed by atoms with Crippen molar-refractivity contribution in [3.63, 3.8) is 0 Å². The molecule has 208 valence electrons. The van der Waals surface area contributed by atoms with Gasteiger partial charge in [0, 0.05) is 18.8 Å². The van der Waals surface area contributed by atoms with Gasteiger partial charge in [-0.25, -0.2) is 13.2 Å². The molecule has 2 heterocycles. The molecule has 1 aliphatic rings. The molecule has 0 unspecified atom stereocenters. The smallest absolute Gasteiger partial charge is 0.370 e. The Bertz CT molecular complexity index is 1170. The van der Waals surface area contributed by atoms with Gasteiger partial charge in [0.15, 0.2) is 0 Å². The Hall–Kier alpha value is -2.88. The summed E-state index contributed by atoms with van der Waals surface area (Å²) in [6, 6.07) is 4.05. The van der Waals surface area contributed by atoms with Crippen molar-refractivity contribution in [2.75, 3.05) is 49.6 Å². The van der Waals surface area contributed by atoms with Crippen LogP contribution in [-0.2, 0) is 14.3 Å². The summed E-state index contributed by atoms with van der Waals surface area (Å²) in [7, 11) is 0. The van der Waals surface area contributed by atoms with Crippen LogP contribution >= 0.6 is 22.9 Å². The number of carbonyl (C=O) groups excluding carboxylic acids is 3. The third kappa shape index (κ3) is 8.31. The van der Waals surface area contributed by atoms with Gasteiger partial charge in [-0.05, 0) is 30.3 Å². The number of nitrogens with one attached hydrogen (secondary N) is 2. The number of benzene rings is 1.